The lowest BCUT2D eigenvalue weighted by Crippen LogP contribution is -2.77. The highest BCUT2D eigenvalue weighted by Crippen LogP contribution is 2.57. The lowest BCUT2D eigenvalue weighted by Gasteiger charge is -2.38. The standard InChI is InChI=1S/C19H18F6.C18H18F6Si.C18H24Si.C17H19NO.2C17H20O.C16H18O2S/c1-11-5-7-15(9-13(11)3)17(18(20,21)22,19(23,24)25)16-8-6-12(2)14(4)10-16;1-11-5-7-15(9-13(11)3)25(17(19,20)21,18(22,23)24)16-8-6-12(2)14(4)10-16;1-13-7-9-17(11-15(13)3)19(5,6)18-10-8-14(2)16(4)12-18;1-11-5-7-15(9-13(11)3)17(19)18-16-8-6-12(2)14(4)10-16;1-11-5-7-15(9-13(11)3)17(18)16-8-6-12(2)14(4)10-16;1-11-8-9-15(10-13(11)3)17(18)16-7-5-6-12(2)14(16)4;1-11-5-7-15(9-13(11)3)19(17,18)16-8-6-12(2)14(4)10-16/h2*5-10H,1-4H3;7-12H,1-6H3;5-10H,1-4H3,(H,18,19);2*5-10,17-18H,1-4H3;5-10H,1-4H3. The number of hydrogen-bond acceptors (Lipinski definition) is 5. The second-order valence-corrected chi connectivity index (χ2v) is 49.2. The SMILES string of the molecule is Cc1ccc(C(O)c2ccc(C)c(C)c2)cc1C.Cc1ccc(C(O)c2cccc(C)c2C)cc1C.Cc1ccc(C(c2ccc(C)c(C)c2)(C(F)(F)F)C(F)(F)F)cc1C.Cc1ccc(NC(=O)c2ccc(C)c(C)c2)cc1C.Cc1ccc(S(=O)(=O)c2ccc(C)c(C)c2)cc1C.Cc1ccc([Si](C)(C)c2ccc(C)c(C)c2)cc1C.Cc1ccc([Si](c2ccc(C)c(C)c2)(C(F)(F)F)C(F)(F)F)cc1C. The topological polar surface area (TPSA) is 104 Å². The van der Waals surface area contributed by atoms with Gasteiger partial charge in [0.1, 0.15) is 20.3 Å². The summed E-state index contributed by atoms with van der Waals surface area (Å²) < 4.78 is 193. The number of benzene rings is 14. The molecule has 0 saturated heterocycles. The number of aryl methyl sites for hydroxylation is 27. The van der Waals surface area contributed by atoms with Crippen molar-refractivity contribution in [1.82, 2.24) is 0 Å². The number of aliphatic hydroxyl groups is 2. The molecular formula is C122H137F12NO5SSi2. The Morgan fingerprint density at radius 3 is 0.839 bits per heavy atom. The van der Waals surface area contributed by atoms with Crippen LogP contribution in [0, 0.1) is 194 Å². The highest BCUT2D eigenvalue weighted by atomic mass is 32.2. The molecule has 0 aromatic heterocycles. The molecule has 0 fully saturated rings. The number of hydrogen-bond donors (Lipinski definition) is 3. The number of halogens is 12. The van der Waals surface area contributed by atoms with Gasteiger partial charge in [0.25, 0.3) is 5.91 Å². The van der Waals surface area contributed by atoms with E-state index in [4.69, 9.17) is 0 Å². The second-order valence-electron chi connectivity index (χ2n) is 39.1. The third-order valence-corrected chi connectivity index (χ3v) is 37.8. The fourth-order valence-corrected chi connectivity index (χ4v) is 23.8. The van der Waals surface area contributed by atoms with Gasteiger partial charge in [-0.2, -0.15) is 52.7 Å². The summed E-state index contributed by atoms with van der Waals surface area (Å²) in [5.41, 5.74) is 28.1. The van der Waals surface area contributed by atoms with Crippen LogP contribution in [0.5, 0.6) is 0 Å². The van der Waals surface area contributed by atoms with Gasteiger partial charge < -0.3 is 15.5 Å². The van der Waals surface area contributed by atoms with E-state index in [-0.39, 0.29) is 5.91 Å². The Hall–Kier alpha value is -12.0. The summed E-state index contributed by atoms with van der Waals surface area (Å²) in [6.45, 7) is 58.9. The summed E-state index contributed by atoms with van der Waals surface area (Å²) in [7, 11) is -11.0. The van der Waals surface area contributed by atoms with Crippen molar-refractivity contribution in [1.29, 1.82) is 0 Å². The van der Waals surface area contributed by atoms with Crippen LogP contribution in [0.25, 0.3) is 0 Å². The van der Waals surface area contributed by atoms with Crippen LogP contribution >= 0.6 is 0 Å². The largest absolute Gasteiger partial charge is 0.411 e. The number of carbonyl (C=O) groups is 1. The molecule has 14 rings (SSSR count). The maximum atomic E-state index is 14.0. The molecule has 0 aliphatic rings. The Bertz CT molecular complexity index is 6610. The smallest absolute Gasteiger partial charge is 0.384 e. The molecule has 0 aliphatic heterocycles. The first-order chi connectivity index (χ1) is 66.2. The van der Waals surface area contributed by atoms with Crippen molar-refractivity contribution in [2.75, 3.05) is 5.32 Å². The van der Waals surface area contributed by atoms with Crippen LogP contribution in [0.4, 0.5) is 58.4 Å². The average molecular weight is 2010 g/mol. The van der Waals surface area contributed by atoms with Crippen molar-refractivity contribution in [3.8, 4) is 0 Å². The van der Waals surface area contributed by atoms with Crippen LogP contribution in [0.2, 0.25) is 13.1 Å². The molecule has 0 saturated carbocycles. The summed E-state index contributed by atoms with van der Waals surface area (Å²) in [5, 5.41) is 25.6. The number of carbonyl (C=O) groups excluding carboxylic acids is 1. The van der Waals surface area contributed by atoms with E-state index in [0.29, 0.717) is 59.9 Å². The molecule has 1 amide bonds. The van der Waals surface area contributed by atoms with Crippen molar-refractivity contribution >= 4 is 58.3 Å². The predicted molar refractivity (Wildman–Crippen MR) is 571 cm³/mol. The minimum Gasteiger partial charge on any atom is -0.384 e. The predicted octanol–water partition coefficient (Wildman–Crippen LogP) is 30.7. The molecule has 0 heterocycles. The zero-order valence-corrected chi connectivity index (χ0v) is 90.8. The van der Waals surface area contributed by atoms with E-state index in [0.717, 1.165) is 104 Å². The van der Waals surface area contributed by atoms with Crippen molar-refractivity contribution in [3.05, 3.63) is 450 Å². The minimum atomic E-state index is -6.06. The lowest BCUT2D eigenvalue weighted by atomic mass is 9.71. The van der Waals surface area contributed by atoms with Gasteiger partial charge in [0.15, 0.2) is 0 Å². The zero-order valence-electron chi connectivity index (χ0n) is 88.0. The van der Waals surface area contributed by atoms with E-state index < -0.39 is 89.1 Å². The summed E-state index contributed by atoms with van der Waals surface area (Å²) in [4.78, 5) is 12.9. The molecule has 0 spiro atoms. The van der Waals surface area contributed by atoms with Gasteiger partial charge in [0, 0.05) is 11.3 Å². The monoisotopic (exact) mass is 2010 g/mol. The minimum absolute atomic E-state index is 0.0636. The molecule has 1 unspecified atom stereocenters. The summed E-state index contributed by atoms with van der Waals surface area (Å²) in [5.74, 6) is -10.9. The van der Waals surface area contributed by atoms with Gasteiger partial charge >= 0.3 is 32.0 Å². The van der Waals surface area contributed by atoms with Crippen molar-refractivity contribution in [3.63, 3.8) is 0 Å². The van der Waals surface area contributed by atoms with Gasteiger partial charge in [-0.05, 0) is 442 Å². The maximum Gasteiger partial charge on any atom is 0.411 e. The highest BCUT2D eigenvalue weighted by Gasteiger charge is 2.76. The van der Waals surface area contributed by atoms with E-state index in [1.807, 2.05) is 127 Å². The highest BCUT2D eigenvalue weighted by molar-refractivity contribution is 7.91. The number of alkyl halides is 12. The van der Waals surface area contributed by atoms with Crippen LogP contribution in [-0.2, 0) is 15.3 Å². The van der Waals surface area contributed by atoms with Crippen LogP contribution in [0.15, 0.2) is 265 Å². The first-order valence-electron chi connectivity index (χ1n) is 47.5. The van der Waals surface area contributed by atoms with Crippen LogP contribution < -0.4 is 26.1 Å². The Morgan fingerprint density at radius 1 is 0.273 bits per heavy atom. The Labute approximate surface area is 842 Å². The van der Waals surface area contributed by atoms with Crippen LogP contribution in [0.3, 0.4) is 0 Å². The van der Waals surface area contributed by atoms with E-state index in [1.54, 1.807) is 52.0 Å². The third-order valence-electron chi connectivity index (χ3n) is 28.5. The van der Waals surface area contributed by atoms with Gasteiger partial charge in [0.2, 0.25) is 15.3 Å². The summed E-state index contributed by atoms with van der Waals surface area (Å²) in [6, 6.07) is 73.7. The van der Waals surface area contributed by atoms with Gasteiger partial charge in [-0.25, -0.2) is 8.42 Å². The van der Waals surface area contributed by atoms with E-state index in [1.165, 1.54) is 146 Å². The van der Waals surface area contributed by atoms with Gasteiger partial charge in [0.05, 0.1) is 9.79 Å². The number of amides is 1. The Kier molecular flexibility index (Phi) is 38.4. The first-order valence-corrected chi connectivity index (χ1v) is 54.0. The molecule has 0 aliphatic carbocycles. The summed E-state index contributed by atoms with van der Waals surface area (Å²) >= 11 is 0. The van der Waals surface area contributed by atoms with E-state index in [9.17, 15) is 76.1 Å². The molecule has 6 nitrogen and oxygen atoms in total. The summed E-state index contributed by atoms with van der Waals surface area (Å²) in [6.07, 6.45) is -12.2. The Morgan fingerprint density at radius 2 is 0.538 bits per heavy atom. The normalized spacial score (nSPS) is 12.0. The quantitative estimate of drug-likeness (QED) is 0.0743. The Balaban J connectivity index is 0.000000205. The molecule has 1 atom stereocenters. The number of anilines is 1. The van der Waals surface area contributed by atoms with Crippen LogP contribution in [-0.4, -0.2) is 64.6 Å². The average Bonchev–Trinajstić information content (AvgIpc) is 0.715. The number of nitrogens with one attached hydrogen (secondary N) is 1. The van der Waals surface area contributed by atoms with E-state index in [2.05, 4.69) is 187 Å². The number of rotatable bonds is 14. The fourth-order valence-electron chi connectivity index (χ4n) is 16.3. The molecular weight excluding hydrogens is 1880 g/mol. The molecule has 14 aromatic carbocycles. The van der Waals surface area contributed by atoms with Crippen molar-refractivity contribution in [2.24, 2.45) is 0 Å². The number of aliphatic hydroxyl groups excluding tert-OH is 2. The fraction of sp³-hybridized carbons (Fsp3) is 0.303. The first kappa shape index (κ1) is 116. The van der Waals surface area contributed by atoms with Gasteiger partial charge in [-0.15, -0.1) is 0 Å². The third kappa shape index (κ3) is 27.4. The molecule has 14 aromatic rings. The van der Waals surface area contributed by atoms with Crippen LogP contribution in [0.1, 0.15) is 212 Å². The maximum absolute atomic E-state index is 14.0. The molecule has 0 bridgehead atoms. The number of sulfone groups is 1. The molecule has 758 valence electrons. The molecule has 21 heteroatoms. The van der Waals surface area contributed by atoms with Crippen molar-refractivity contribution in [2.45, 2.75) is 258 Å². The zero-order chi connectivity index (χ0) is 107. The van der Waals surface area contributed by atoms with E-state index >= 15 is 0 Å². The van der Waals surface area contributed by atoms with Crippen molar-refractivity contribution < 1.29 is 76.1 Å². The lowest BCUT2D eigenvalue weighted by molar-refractivity contribution is -0.288. The molecule has 143 heavy (non-hydrogen) atoms. The molecule has 0 radical (unpaired) electrons. The second kappa shape index (κ2) is 47.2. The van der Waals surface area contributed by atoms with Gasteiger partial charge in [-0.3, -0.25) is 4.79 Å². The molecule has 3 N–H and O–H groups in total. The van der Waals surface area contributed by atoms with Gasteiger partial charge in [-0.1, -0.05) is 230 Å².